The second-order valence-electron chi connectivity index (χ2n) is 5.20. The summed E-state index contributed by atoms with van der Waals surface area (Å²) in [5.74, 6) is 0.643. The minimum atomic E-state index is 0.104. The van der Waals surface area contributed by atoms with Gasteiger partial charge in [0.2, 0.25) is 5.88 Å². The molecule has 3 fully saturated rings. The predicted molar refractivity (Wildman–Crippen MR) is 71.3 cm³/mol. The van der Waals surface area contributed by atoms with Crippen molar-refractivity contribution in [3.8, 4) is 5.88 Å². The van der Waals surface area contributed by atoms with E-state index >= 15 is 0 Å². The molecule has 0 radical (unpaired) electrons. The van der Waals surface area contributed by atoms with E-state index in [1.54, 1.807) is 25.4 Å². The van der Waals surface area contributed by atoms with E-state index in [1.807, 2.05) is 4.90 Å². The van der Waals surface area contributed by atoms with Gasteiger partial charge in [0.25, 0.3) is 5.91 Å². The van der Waals surface area contributed by atoms with Crippen molar-refractivity contribution in [2.24, 2.45) is 0 Å². The average Bonchev–Trinajstić information content (AvgIpc) is 2.47. The van der Waals surface area contributed by atoms with Crippen molar-refractivity contribution in [2.45, 2.75) is 25.4 Å². The van der Waals surface area contributed by atoms with E-state index in [-0.39, 0.29) is 5.91 Å². The predicted octanol–water partition coefficient (Wildman–Crippen LogP) is 1.01. The molecule has 19 heavy (non-hydrogen) atoms. The molecule has 3 aliphatic heterocycles. The van der Waals surface area contributed by atoms with Gasteiger partial charge in [-0.3, -0.25) is 9.69 Å². The first kappa shape index (κ1) is 12.4. The zero-order valence-electron chi connectivity index (χ0n) is 11.4. The standard InChI is InChI=1S/C14H19N3O2/c1-3-16-8-11-6-12(9-16)17(11)14(18)10-4-5-13(19-2)15-7-10/h4-5,7,11-12H,3,6,8-9H2,1-2H3. The molecule has 1 amide bonds. The smallest absolute Gasteiger partial charge is 0.256 e. The molecule has 0 aliphatic carbocycles. The van der Waals surface area contributed by atoms with Crippen LogP contribution < -0.4 is 4.74 Å². The van der Waals surface area contributed by atoms with Crippen molar-refractivity contribution < 1.29 is 9.53 Å². The minimum absolute atomic E-state index is 0.104. The van der Waals surface area contributed by atoms with Gasteiger partial charge in [-0.1, -0.05) is 6.92 Å². The number of methoxy groups -OCH3 is 1. The Morgan fingerprint density at radius 2 is 2.16 bits per heavy atom. The Kier molecular flexibility index (Phi) is 3.14. The molecule has 2 bridgehead atoms. The van der Waals surface area contributed by atoms with E-state index in [0.717, 1.165) is 26.1 Å². The molecule has 102 valence electrons. The van der Waals surface area contributed by atoms with E-state index in [0.29, 0.717) is 23.5 Å². The summed E-state index contributed by atoms with van der Waals surface area (Å²) in [6.07, 6.45) is 2.75. The maximum Gasteiger partial charge on any atom is 0.256 e. The fourth-order valence-electron chi connectivity index (χ4n) is 3.06. The van der Waals surface area contributed by atoms with E-state index in [2.05, 4.69) is 16.8 Å². The van der Waals surface area contributed by atoms with Gasteiger partial charge in [-0.15, -0.1) is 0 Å². The second kappa shape index (κ2) is 4.81. The van der Waals surface area contributed by atoms with Crippen LogP contribution in [0, 0.1) is 0 Å². The maximum absolute atomic E-state index is 12.5. The van der Waals surface area contributed by atoms with Gasteiger partial charge in [0.15, 0.2) is 0 Å². The number of pyridine rings is 1. The normalized spacial score (nSPS) is 25.9. The number of piperidine rings is 1. The Bertz CT molecular complexity index is 462. The number of amides is 1. The lowest BCUT2D eigenvalue weighted by atomic mass is 9.86. The van der Waals surface area contributed by atoms with Crippen LogP contribution >= 0.6 is 0 Å². The van der Waals surface area contributed by atoms with Crippen LogP contribution in [-0.2, 0) is 0 Å². The summed E-state index contributed by atoms with van der Waals surface area (Å²) in [5, 5.41) is 0. The molecule has 0 N–H and O–H groups in total. The summed E-state index contributed by atoms with van der Waals surface area (Å²) in [6.45, 7) is 5.24. The van der Waals surface area contributed by atoms with Gasteiger partial charge in [0.05, 0.1) is 12.7 Å². The van der Waals surface area contributed by atoms with E-state index in [4.69, 9.17) is 4.74 Å². The molecule has 4 heterocycles. The van der Waals surface area contributed by atoms with E-state index in [9.17, 15) is 4.79 Å². The van der Waals surface area contributed by atoms with Gasteiger partial charge in [-0.25, -0.2) is 4.98 Å². The molecule has 1 aromatic heterocycles. The van der Waals surface area contributed by atoms with Crippen LogP contribution in [0.4, 0.5) is 0 Å². The van der Waals surface area contributed by atoms with Crippen LogP contribution in [0.2, 0.25) is 0 Å². The Balaban J connectivity index is 1.71. The first-order chi connectivity index (χ1) is 9.22. The number of fused-ring (bicyclic) bond motifs is 2. The van der Waals surface area contributed by atoms with Gasteiger partial charge in [-0.05, 0) is 19.0 Å². The topological polar surface area (TPSA) is 45.7 Å². The monoisotopic (exact) mass is 261 g/mol. The lowest BCUT2D eigenvalue weighted by Crippen LogP contribution is -2.70. The van der Waals surface area contributed by atoms with Gasteiger partial charge >= 0.3 is 0 Å². The van der Waals surface area contributed by atoms with Gasteiger partial charge in [0, 0.05) is 37.4 Å². The number of hydrogen-bond donors (Lipinski definition) is 0. The number of carbonyl (C=O) groups is 1. The molecule has 3 saturated heterocycles. The van der Waals surface area contributed by atoms with Crippen LogP contribution in [0.25, 0.3) is 0 Å². The maximum atomic E-state index is 12.5. The summed E-state index contributed by atoms with van der Waals surface area (Å²) in [6, 6.07) is 4.29. The van der Waals surface area contributed by atoms with E-state index < -0.39 is 0 Å². The Labute approximate surface area is 113 Å². The molecule has 0 saturated carbocycles. The molecule has 4 rings (SSSR count). The third-order valence-corrected chi connectivity index (χ3v) is 4.14. The first-order valence-electron chi connectivity index (χ1n) is 6.78. The first-order valence-corrected chi connectivity index (χ1v) is 6.78. The third kappa shape index (κ3) is 2.08. The minimum Gasteiger partial charge on any atom is -0.481 e. The zero-order chi connectivity index (χ0) is 13.4. The summed E-state index contributed by atoms with van der Waals surface area (Å²) in [5.41, 5.74) is 0.653. The highest BCUT2D eigenvalue weighted by molar-refractivity contribution is 5.95. The van der Waals surface area contributed by atoms with Crippen molar-refractivity contribution in [3.63, 3.8) is 0 Å². The zero-order valence-corrected chi connectivity index (χ0v) is 11.4. The highest BCUT2D eigenvalue weighted by Gasteiger charge is 2.46. The number of nitrogens with zero attached hydrogens (tertiary/aromatic N) is 3. The van der Waals surface area contributed by atoms with Crippen LogP contribution in [0.5, 0.6) is 5.88 Å². The van der Waals surface area contributed by atoms with Crippen LogP contribution in [0.15, 0.2) is 18.3 Å². The number of carbonyl (C=O) groups excluding carboxylic acids is 1. The van der Waals surface area contributed by atoms with Crippen LogP contribution in [-0.4, -0.2) is 59.5 Å². The summed E-state index contributed by atoms with van der Waals surface area (Å²) in [4.78, 5) is 21.0. The molecule has 0 spiro atoms. The molecule has 2 unspecified atom stereocenters. The largest absolute Gasteiger partial charge is 0.481 e. The molecule has 1 aromatic rings. The fourth-order valence-corrected chi connectivity index (χ4v) is 3.06. The van der Waals surface area contributed by atoms with Crippen molar-refractivity contribution in [2.75, 3.05) is 26.7 Å². The van der Waals surface area contributed by atoms with Gasteiger partial charge < -0.3 is 9.64 Å². The third-order valence-electron chi connectivity index (χ3n) is 4.14. The van der Waals surface area contributed by atoms with Crippen molar-refractivity contribution in [3.05, 3.63) is 23.9 Å². The van der Waals surface area contributed by atoms with Gasteiger partial charge in [-0.2, -0.15) is 0 Å². The molecule has 3 aliphatic rings. The fraction of sp³-hybridized carbons (Fsp3) is 0.571. The lowest BCUT2D eigenvalue weighted by molar-refractivity contribution is -0.0459. The quantitative estimate of drug-likeness (QED) is 0.814. The molecular weight excluding hydrogens is 242 g/mol. The van der Waals surface area contributed by atoms with Crippen LogP contribution in [0.1, 0.15) is 23.7 Å². The number of rotatable bonds is 3. The summed E-state index contributed by atoms with van der Waals surface area (Å²) < 4.78 is 5.01. The Hall–Kier alpha value is -1.62. The van der Waals surface area contributed by atoms with Gasteiger partial charge in [0.1, 0.15) is 0 Å². The Morgan fingerprint density at radius 1 is 1.42 bits per heavy atom. The lowest BCUT2D eigenvalue weighted by Gasteiger charge is -2.56. The van der Waals surface area contributed by atoms with Crippen molar-refractivity contribution in [1.82, 2.24) is 14.8 Å². The number of aromatic nitrogens is 1. The molecule has 5 heteroatoms. The summed E-state index contributed by atoms with van der Waals surface area (Å²) >= 11 is 0. The summed E-state index contributed by atoms with van der Waals surface area (Å²) in [7, 11) is 1.57. The second-order valence-corrected chi connectivity index (χ2v) is 5.20. The SMILES string of the molecule is CCN1CC2CC(C1)N2C(=O)c1ccc(OC)nc1. The average molecular weight is 261 g/mol. The highest BCUT2D eigenvalue weighted by Crippen LogP contribution is 2.33. The number of hydrogen-bond acceptors (Lipinski definition) is 4. The Morgan fingerprint density at radius 3 is 2.68 bits per heavy atom. The van der Waals surface area contributed by atoms with E-state index in [1.165, 1.54) is 0 Å². The highest BCUT2D eigenvalue weighted by atomic mass is 16.5. The molecule has 0 aromatic carbocycles. The molecule has 2 atom stereocenters. The number of likely N-dealkylation sites (N-methyl/N-ethyl adjacent to an activating group) is 1. The van der Waals surface area contributed by atoms with Crippen LogP contribution in [0.3, 0.4) is 0 Å². The number of ether oxygens (including phenoxy) is 1. The molecule has 5 nitrogen and oxygen atoms in total. The van der Waals surface area contributed by atoms with Crippen molar-refractivity contribution in [1.29, 1.82) is 0 Å². The van der Waals surface area contributed by atoms with Crippen molar-refractivity contribution >= 4 is 5.91 Å². The molecular formula is C14H19N3O2. The number of piperazine rings is 1.